The number of nitrogens with one attached hydrogen (secondary N) is 1. The van der Waals surface area contributed by atoms with Crippen LogP contribution in [0.15, 0.2) is 59.6 Å². The fourth-order valence-corrected chi connectivity index (χ4v) is 3.94. The van der Waals surface area contributed by atoms with Crippen LogP contribution in [-0.4, -0.2) is 43.2 Å². The van der Waals surface area contributed by atoms with Gasteiger partial charge in [0.05, 0.1) is 4.90 Å². The minimum Gasteiger partial charge on any atom is -0.337 e. The molecule has 2 aromatic rings. The largest absolute Gasteiger partial charge is 0.337 e. The van der Waals surface area contributed by atoms with E-state index in [2.05, 4.69) is 9.71 Å². The van der Waals surface area contributed by atoms with Gasteiger partial charge in [-0.25, -0.2) is 13.1 Å². The third-order valence-electron chi connectivity index (χ3n) is 4.33. The van der Waals surface area contributed by atoms with Crippen molar-refractivity contribution < 1.29 is 18.0 Å². The molecule has 0 radical (unpaired) electrons. The molecule has 1 aromatic carbocycles. The van der Waals surface area contributed by atoms with Crippen LogP contribution in [0.4, 0.5) is 0 Å². The molecule has 1 aliphatic rings. The summed E-state index contributed by atoms with van der Waals surface area (Å²) in [6.07, 6.45) is 2.38. The zero-order valence-electron chi connectivity index (χ0n) is 14.0. The Bertz CT molecular complexity index is 877. The number of amides is 2. The summed E-state index contributed by atoms with van der Waals surface area (Å²) in [6, 6.07) is 12.9. The molecule has 2 amide bonds. The summed E-state index contributed by atoms with van der Waals surface area (Å²) in [6.45, 7) is 0.776. The number of hydrogen-bond acceptors (Lipinski definition) is 5. The normalized spacial score (nSPS) is 15.5. The second kappa shape index (κ2) is 7.65. The van der Waals surface area contributed by atoms with E-state index in [1.165, 1.54) is 12.1 Å². The number of pyridine rings is 1. The SMILES string of the molecule is O=C(NS(=O)(=O)c1ccccc1)C1CCN(C(=O)c2ccccn2)CC1. The Labute approximate surface area is 152 Å². The van der Waals surface area contributed by atoms with Crippen LogP contribution in [0.5, 0.6) is 0 Å². The Morgan fingerprint density at radius 2 is 1.65 bits per heavy atom. The maximum atomic E-state index is 12.4. The molecular formula is C18H19N3O4S. The first-order valence-corrected chi connectivity index (χ1v) is 9.78. The minimum absolute atomic E-state index is 0.0520. The summed E-state index contributed by atoms with van der Waals surface area (Å²) < 4.78 is 26.6. The van der Waals surface area contributed by atoms with E-state index in [0.29, 0.717) is 31.6 Å². The molecule has 0 spiro atoms. The van der Waals surface area contributed by atoms with Gasteiger partial charge in [-0.3, -0.25) is 14.6 Å². The first kappa shape index (κ1) is 18.1. The van der Waals surface area contributed by atoms with Crippen molar-refractivity contribution in [2.24, 2.45) is 5.92 Å². The van der Waals surface area contributed by atoms with Crippen LogP contribution in [0.3, 0.4) is 0 Å². The number of carbonyl (C=O) groups excluding carboxylic acids is 2. The van der Waals surface area contributed by atoms with Crippen LogP contribution in [0.1, 0.15) is 23.3 Å². The van der Waals surface area contributed by atoms with Crippen molar-refractivity contribution in [3.05, 3.63) is 60.4 Å². The predicted molar refractivity (Wildman–Crippen MR) is 94.6 cm³/mol. The van der Waals surface area contributed by atoms with Crippen LogP contribution in [0, 0.1) is 5.92 Å². The van der Waals surface area contributed by atoms with E-state index in [1.54, 1.807) is 47.5 Å². The molecule has 1 N–H and O–H groups in total. The number of aromatic nitrogens is 1. The van der Waals surface area contributed by atoms with Crippen molar-refractivity contribution in [2.45, 2.75) is 17.7 Å². The van der Waals surface area contributed by atoms with E-state index in [-0.39, 0.29) is 10.8 Å². The minimum atomic E-state index is -3.87. The van der Waals surface area contributed by atoms with Crippen molar-refractivity contribution in [1.82, 2.24) is 14.6 Å². The topological polar surface area (TPSA) is 96.4 Å². The fraction of sp³-hybridized carbons (Fsp3) is 0.278. The van der Waals surface area contributed by atoms with E-state index < -0.39 is 21.8 Å². The van der Waals surface area contributed by atoms with Crippen molar-refractivity contribution in [3.8, 4) is 0 Å². The Morgan fingerprint density at radius 1 is 1.00 bits per heavy atom. The molecule has 0 saturated carbocycles. The summed E-state index contributed by atoms with van der Waals surface area (Å²) in [7, 11) is -3.87. The van der Waals surface area contributed by atoms with E-state index in [4.69, 9.17) is 0 Å². The van der Waals surface area contributed by atoms with Crippen LogP contribution in [-0.2, 0) is 14.8 Å². The van der Waals surface area contributed by atoms with E-state index in [1.807, 2.05) is 0 Å². The van der Waals surface area contributed by atoms with Crippen LogP contribution >= 0.6 is 0 Å². The van der Waals surface area contributed by atoms with E-state index in [9.17, 15) is 18.0 Å². The molecule has 1 aliphatic heterocycles. The third kappa shape index (κ3) is 4.08. The van der Waals surface area contributed by atoms with E-state index >= 15 is 0 Å². The average molecular weight is 373 g/mol. The van der Waals surface area contributed by atoms with Gasteiger partial charge in [0.2, 0.25) is 5.91 Å². The second-order valence-electron chi connectivity index (χ2n) is 6.06. The molecule has 0 aliphatic carbocycles. The molecule has 136 valence electrons. The van der Waals surface area contributed by atoms with Gasteiger partial charge in [-0.1, -0.05) is 24.3 Å². The lowest BCUT2D eigenvalue weighted by atomic mass is 9.96. The second-order valence-corrected chi connectivity index (χ2v) is 7.75. The van der Waals surface area contributed by atoms with Gasteiger partial charge in [0.25, 0.3) is 15.9 Å². The number of piperidine rings is 1. The van der Waals surface area contributed by atoms with Gasteiger partial charge in [-0.15, -0.1) is 0 Å². The summed E-state index contributed by atoms with van der Waals surface area (Å²) >= 11 is 0. The molecule has 0 atom stereocenters. The smallest absolute Gasteiger partial charge is 0.272 e. The summed E-state index contributed by atoms with van der Waals surface area (Å²) in [5.41, 5.74) is 0.363. The summed E-state index contributed by atoms with van der Waals surface area (Å²) in [5, 5.41) is 0. The maximum Gasteiger partial charge on any atom is 0.272 e. The number of rotatable bonds is 4. The highest BCUT2D eigenvalue weighted by atomic mass is 32.2. The van der Waals surface area contributed by atoms with Crippen LogP contribution in [0.25, 0.3) is 0 Å². The molecule has 0 unspecified atom stereocenters. The lowest BCUT2D eigenvalue weighted by Crippen LogP contribution is -2.44. The quantitative estimate of drug-likeness (QED) is 0.875. The van der Waals surface area contributed by atoms with Gasteiger partial charge in [-0.05, 0) is 37.1 Å². The molecule has 7 nitrogen and oxygen atoms in total. The molecule has 26 heavy (non-hydrogen) atoms. The molecular weight excluding hydrogens is 354 g/mol. The molecule has 1 fully saturated rings. The highest BCUT2D eigenvalue weighted by Gasteiger charge is 2.30. The number of nitrogens with zero attached hydrogens (tertiary/aromatic N) is 2. The Hall–Kier alpha value is -2.74. The van der Waals surface area contributed by atoms with Crippen molar-refractivity contribution in [1.29, 1.82) is 0 Å². The highest BCUT2D eigenvalue weighted by Crippen LogP contribution is 2.20. The zero-order chi connectivity index (χ0) is 18.6. The van der Waals surface area contributed by atoms with Gasteiger partial charge < -0.3 is 4.90 Å². The monoisotopic (exact) mass is 373 g/mol. The van der Waals surface area contributed by atoms with Crippen molar-refractivity contribution in [2.75, 3.05) is 13.1 Å². The molecule has 2 heterocycles. The lowest BCUT2D eigenvalue weighted by Gasteiger charge is -2.31. The van der Waals surface area contributed by atoms with Gasteiger partial charge in [-0.2, -0.15) is 0 Å². The molecule has 1 saturated heterocycles. The Kier molecular flexibility index (Phi) is 5.32. The van der Waals surface area contributed by atoms with Crippen molar-refractivity contribution >= 4 is 21.8 Å². The van der Waals surface area contributed by atoms with Crippen LogP contribution in [0.2, 0.25) is 0 Å². The van der Waals surface area contributed by atoms with Gasteiger partial charge in [0.15, 0.2) is 0 Å². The highest BCUT2D eigenvalue weighted by molar-refractivity contribution is 7.90. The van der Waals surface area contributed by atoms with E-state index in [0.717, 1.165) is 0 Å². The number of sulfonamides is 1. The molecule has 1 aromatic heterocycles. The fourth-order valence-electron chi connectivity index (χ4n) is 2.87. The number of likely N-dealkylation sites (tertiary alicyclic amines) is 1. The maximum absolute atomic E-state index is 12.4. The average Bonchev–Trinajstić information content (AvgIpc) is 2.68. The first-order chi connectivity index (χ1) is 12.5. The number of hydrogen-bond donors (Lipinski definition) is 1. The standard InChI is InChI=1S/C18H19N3O4S/c22-17(20-26(24,25)15-6-2-1-3-7-15)14-9-12-21(13-10-14)18(23)16-8-4-5-11-19-16/h1-8,11,14H,9-10,12-13H2,(H,20,22). The van der Waals surface area contributed by atoms with Gasteiger partial charge in [0, 0.05) is 25.2 Å². The lowest BCUT2D eigenvalue weighted by molar-refractivity contribution is -0.124. The molecule has 3 rings (SSSR count). The van der Waals surface area contributed by atoms with Gasteiger partial charge in [0.1, 0.15) is 5.69 Å². The molecule has 0 bridgehead atoms. The third-order valence-corrected chi connectivity index (χ3v) is 5.69. The number of benzene rings is 1. The van der Waals surface area contributed by atoms with Gasteiger partial charge >= 0.3 is 0 Å². The number of carbonyl (C=O) groups is 2. The summed E-state index contributed by atoms with van der Waals surface area (Å²) in [5.74, 6) is -1.15. The predicted octanol–water partition coefficient (Wildman–Crippen LogP) is 1.44. The zero-order valence-corrected chi connectivity index (χ0v) is 14.9. The first-order valence-electron chi connectivity index (χ1n) is 8.29. The van der Waals surface area contributed by atoms with Crippen molar-refractivity contribution in [3.63, 3.8) is 0 Å². The Balaban J connectivity index is 1.58. The molecule has 8 heteroatoms. The Morgan fingerprint density at radius 3 is 2.27 bits per heavy atom. The van der Waals surface area contributed by atoms with Crippen LogP contribution < -0.4 is 4.72 Å². The summed E-state index contributed by atoms with van der Waals surface area (Å²) in [4.78, 5) is 30.4.